The van der Waals surface area contributed by atoms with Crippen LogP contribution in [0.3, 0.4) is 0 Å². The average molecular weight is 468 g/mol. The topological polar surface area (TPSA) is 94.5 Å². The van der Waals surface area contributed by atoms with Gasteiger partial charge in [0.05, 0.1) is 25.8 Å². The third kappa shape index (κ3) is 4.92. The van der Waals surface area contributed by atoms with Crippen molar-refractivity contribution in [1.82, 2.24) is 4.90 Å². The van der Waals surface area contributed by atoms with E-state index in [9.17, 15) is 14.7 Å². The number of likely N-dealkylation sites (tertiary alicyclic amines) is 1. The van der Waals surface area contributed by atoms with E-state index in [4.69, 9.17) is 18.9 Å². The Morgan fingerprint density at radius 1 is 1.09 bits per heavy atom. The summed E-state index contributed by atoms with van der Waals surface area (Å²) in [5.74, 6) is -0.325. The Bertz CT molecular complexity index is 1080. The van der Waals surface area contributed by atoms with E-state index in [0.29, 0.717) is 48.0 Å². The molecule has 0 spiro atoms. The Morgan fingerprint density at radius 2 is 1.82 bits per heavy atom. The molecule has 8 heteroatoms. The van der Waals surface area contributed by atoms with Gasteiger partial charge < -0.3 is 29.0 Å². The summed E-state index contributed by atoms with van der Waals surface area (Å²) in [6.07, 6.45) is 2.14. The van der Waals surface area contributed by atoms with Gasteiger partial charge in [-0.1, -0.05) is 24.8 Å². The summed E-state index contributed by atoms with van der Waals surface area (Å²) in [5, 5.41) is 11.2. The molecule has 1 N–H and O–H groups in total. The van der Waals surface area contributed by atoms with Crippen LogP contribution in [0.15, 0.2) is 60.7 Å². The van der Waals surface area contributed by atoms with Gasteiger partial charge in [-0.2, -0.15) is 0 Å². The van der Waals surface area contributed by atoms with E-state index in [1.807, 2.05) is 0 Å². The van der Waals surface area contributed by atoms with Crippen molar-refractivity contribution in [1.29, 1.82) is 0 Å². The highest BCUT2D eigenvalue weighted by Crippen LogP contribution is 2.45. The molecule has 0 saturated carbocycles. The molecule has 1 saturated heterocycles. The molecule has 180 valence electrons. The van der Waals surface area contributed by atoms with E-state index in [0.717, 1.165) is 0 Å². The predicted molar refractivity (Wildman–Crippen MR) is 127 cm³/mol. The minimum Gasteiger partial charge on any atom is -0.507 e. The normalized spacial score (nSPS) is 17.0. The zero-order valence-electron chi connectivity index (χ0n) is 19.6. The zero-order valence-corrected chi connectivity index (χ0v) is 19.6. The molecule has 1 heterocycles. The first-order chi connectivity index (χ1) is 16.5. The number of carbonyl (C=O) groups excluding carboxylic acids is 2. The fraction of sp³-hybridized carbons (Fsp3) is 0.308. The van der Waals surface area contributed by atoms with Gasteiger partial charge >= 0.3 is 0 Å². The molecule has 1 amide bonds. The Labute approximate surface area is 199 Å². The van der Waals surface area contributed by atoms with Gasteiger partial charge in [0.15, 0.2) is 11.5 Å². The largest absolute Gasteiger partial charge is 0.507 e. The number of nitrogens with zero attached hydrogens (tertiary/aromatic N) is 1. The van der Waals surface area contributed by atoms with E-state index in [2.05, 4.69) is 6.58 Å². The van der Waals surface area contributed by atoms with E-state index >= 15 is 0 Å². The molecule has 1 atom stereocenters. The van der Waals surface area contributed by atoms with Gasteiger partial charge in [-0.15, -0.1) is 0 Å². The van der Waals surface area contributed by atoms with Crippen molar-refractivity contribution in [2.75, 3.05) is 41.1 Å². The molecule has 8 nitrogen and oxygen atoms in total. The number of ketones is 1. The zero-order chi connectivity index (χ0) is 24.7. The molecule has 2 aromatic rings. The third-order valence-corrected chi connectivity index (χ3v) is 5.51. The predicted octanol–water partition coefficient (Wildman–Crippen LogP) is 3.73. The number of carbonyl (C=O) groups is 2. The number of amides is 1. The Morgan fingerprint density at radius 3 is 2.44 bits per heavy atom. The number of rotatable bonds is 11. The Kier molecular flexibility index (Phi) is 8.32. The van der Waals surface area contributed by atoms with Gasteiger partial charge in [-0.25, -0.2) is 0 Å². The number of ether oxygens (including phenoxy) is 4. The van der Waals surface area contributed by atoms with E-state index in [-0.39, 0.29) is 17.9 Å². The summed E-state index contributed by atoms with van der Waals surface area (Å²) in [7, 11) is 4.56. The van der Waals surface area contributed by atoms with Crippen molar-refractivity contribution in [3.05, 3.63) is 71.8 Å². The Hall–Kier alpha value is -3.78. The van der Waals surface area contributed by atoms with Crippen molar-refractivity contribution in [2.45, 2.75) is 12.5 Å². The van der Waals surface area contributed by atoms with E-state index in [1.165, 1.54) is 19.1 Å². The highest BCUT2D eigenvalue weighted by atomic mass is 16.5. The van der Waals surface area contributed by atoms with Gasteiger partial charge in [0.2, 0.25) is 0 Å². The summed E-state index contributed by atoms with van der Waals surface area (Å²) >= 11 is 0. The molecule has 2 aromatic carbocycles. The number of benzene rings is 2. The lowest BCUT2D eigenvalue weighted by molar-refractivity contribution is -0.140. The fourth-order valence-electron chi connectivity index (χ4n) is 3.96. The number of methoxy groups -OCH3 is 3. The van der Waals surface area contributed by atoms with Gasteiger partial charge in [-0.3, -0.25) is 9.59 Å². The summed E-state index contributed by atoms with van der Waals surface area (Å²) in [4.78, 5) is 27.6. The molecule has 0 aromatic heterocycles. The van der Waals surface area contributed by atoms with E-state index in [1.54, 1.807) is 55.7 Å². The van der Waals surface area contributed by atoms with Crippen LogP contribution >= 0.6 is 0 Å². The fourth-order valence-corrected chi connectivity index (χ4v) is 3.96. The maximum absolute atomic E-state index is 13.2. The molecular formula is C26H29NO7. The van der Waals surface area contributed by atoms with Crippen LogP contribution in [0.1, 0.15) is 23.6 Å². The monoisotopic (exact) mass is 467 g/mol. The second-order valence-corrected chi connectivity index (χ2v) is 7.55. The third-order valence-electron chi connectivity index (χ3n) is 5.51. The molecule has 3 rings (SSSR count). The van der Waals surface area contributed by atoms with E-state index < -0.39 is 17.7 Å². The standard InChI is InChI=1S/C26H29NO7/c1-5-15-34-18-12-10-17(11-13-18)23(28)21-22(19-8-6-9-20(32-3)25(19)33-4)27(14-7-16-31-2)26(30)24(21)29/h5-6,8-13,22,28H,1,7,14-16H2,2-4H3/b23-21+. The van der Waals surface area contributed by atoms with Gasteiger partial charge in [0.1, 0.15) is 18.1 Å². The van der Waals surface area contributed by atoms with Crippen molar-refractivity contribution in [3.63, 3.8) is 0 Å². The molecule has 0 aliphatic carbocycles. The molecule has 1 aliphatic rings. The van der Waals surface area contributed by atoms with Gasteiger partial charge in [-0.05, 0) is 36.8 Å². The molecule has 1 fully saturated rings. The van der Waals surface area contributed by atoms with Crippen LogP contribution < -0.4 is 14.2 Å². The number of aliphatic hydroxyl groups is 1. The van der Waals surface area contributed by atoms with Crippen molar-refractivity contribution in [2.24, 2.45) is 0 Å². The van der Waals surface area contributed by atoms with Crippen LogP contribution in [0.5, 0.6) is 17.2 Å². The SMILES string of the molecule is C=CCOc1ccc(/C(O)=C2\C(=O)C(=O)N(CCCOC)C2c2cccc(OC)c2OC)cc1. The first kappa shape index (κ1) is 24.9. The quantitative estimate of drug-likeness (QED) is 0.177. The number of para-hydroxylation sites is 1. The molecular weight excluding hydrogens is 438 g/mol. The van der Waals surface area contributed by atoms with Crippen LogP contribution in [0.25, 0.3) is 5.76 Å². The maximum atomic E-state index is 13.2. The van der Waals surface area contributed by atoms with Crippen molar-refractivity contribution < 1.29 is 33.6 Å². The molecule has 34 heavy (non-hydrogen) atoms. The summed E-state index contributed by atoms with van der Waals surface area (Å²) in [6, 6.07) is 11.0. The lowest BCUT2D eigenvalue weighted by Gasteiger charge is -2.27. The lowest BCUT2D eigenvalue weighted by Crippen LogP contribution is -2.31. The second-order valence-electron chi connectivity index (χ2n) is 7.55. The summed E-state index contributed by atoms with van der Waals surface area (Å²) in [6.45, 7) is 4.63. The highest BCUT2D eigenvalue weighted by molar-refractivity contribution is 6.46. The lowest BCUT2D eigenvalue weighted by atomic mass is 9.94. The first-order valence-corrected chi connectivity index (χ1v) is 10.8. The van der Waals surface area contributed by atoms with Crippen molar-refractivity contribution in [3.8, 4) is 17.2 Å². The second kappa shape index (κ2) is 11.4. The van der Waals surface area contributed by atoms with Crippen LogP contribution in [0.4, 0.5) is 0 Å². The van der Waals surface area contributed by atoms with Crippen LogP contribution in [0, 0.1) is 0 Å². The molecule has 0 radical (unpaired) electrons. The van der Waals surface area contributed by atoms with Gasteiger partial charge in [0.25, 0.3) is 11.7 Å². The highest BCUT2D eigenvalue weighted by Gasteiger charge is 2.47. The minimum atomic E-state index is -0.862. The van der Waals surface area contributed by atoms with Crippen molar-refractivity contribution >= 4 is 17.4 Å². The summed E-state index contributed by atoms with van der Waals surface area (Å²) in [5.41, 5.74) is 0.896. The number of Topliss-reactive ketones (excluding diaryl/α,β-unsaturated/α-hetero) is 1. The number of hydrogen-bond donors (Lipinski definition) is 1. The Balaban J connectivity index is 2.14. The molecule has 1 aliphatic heterocycles. The average Bonchev–Trinajstić information content (AvgIpc) is 3.11. The maximum Gasteiger partial charge on any atom is 0.295 e. The summed E-state index contributed by atoms with van der Waals surface area (Å²) < 4.78 is 21.6. The van der Waals surface area contributed by atoms with Crippen LogP contribution in [-0.2, 0) is 14.3 Å². The van der Waals surface area contributed by atoms with Crippen LogP contribution in [-0.4, -0.2) is 62.8 Å². The van der Waals surface area contributed by atoms with Gasteiger partial charge in [0, 0.05) is 31.4 Å². The first-order valence-electron chi connectivity index (χ1n) is 10.8. The number of aliphatic hydroxyl groups excluding tert-OH is 1. The molecule has 0 bridgehead atoms. The van der Waals surface area contributed by atoms with Crippen LogP contribution in [0.2, 0.25) is 0 Å². The minimum absolute atomic E-state index is 0.0197. The number of hydrogen-bond acceptors (Lipinski definition) is 7. The molecule has 1 unspecified atom stereocenters. The smallest absolute Gasteiger partial charge is 0.295 e.